The number of nitrogens with zero attached hydrogens (tertiary/aromatic N) is 3. The van der Waals surface area contributed by atoms with Crippen LogP contribution in [0.4, 0.5) is 0 Å². The third-order valence-corrected chi connectivity index (χ3v) is 6.95. The second-order valence-corrected chi connectivity index (χ2v) is 10.5. The lowest BCUT2D eigenvalue weighted by molar-refractivity contribution is -0.139. The zero-order valence-corrected chi connectivity index (χ0v) is 24.2. The van der Waals surface area contributed by atoms with E-state index >= 15 is 0 Å². The first-order valence-electron chi connectivity index (χ1n) is 14.1. The molecule has 2 heterocycles. The summed E-state index contributed by atoms with van der Waals surface area (Å²) in [7, 11) is 1.55. The van der Waals surface area contributed by atoms with E-state index in [0.717, 1.165) is 12.8 Å². The van der Waals surface area contributed by atoms with E-state index in [1.165, 1.54) is 4.90 Å². The summed E-state index contributed by atoms with van der Waals surface area (Å²) in [4.78, 5) is 32.5. The molecule has 1 N–H and O–H groups in total. The Labute approximate surface area is 241 Å². The van der Waals surface area contributed by atoms with Crippen LogP contribution >= 0.6 is 0 Å². The number of imidazole rings is 1. The number of likely N-dealkylation sites (tertiary alicyclic amines) is 1. The number of Topliss-reactive ketones (excluding diaryl/α,β-unsaturated/α-hetero) is 1. The van der Waals surface area contributed by atoms with Crippen LogP contribution in [-0.2, 0) is 16.1 Å². The molecule has 0 aliphatic carbocycles. The molecule has 2 aromatic carbocycles. The molecule has 0 bridgehead atoms. The molecule has 1 amide bonds. The van der Waals surface area contributed by atoms with Gasteiger partial charge in [0, 0.05) is 31.0 Å². The lowest BCUT2D eigenvalue weighted by Crippen LogP contribution is -2.31. The molecule has 9 heteroatoms. The molecule has 1 unspecified atom stereocenters. The minimum absolute atomic E-state index is 0.0285. The van der Waals surface area contributed by atoms with Gasteiger partial charge in [0.25, 0.3) is 11.7 Å². The smallest absolute Gasteiger partial charge is 0.295 e. The summed E-state index contributed by atoms with van der Waals surface area (Å²) >= 11 is 0. The molecule has 1 atom stereocenters. The molecule has 218 valence electrons. The van der Waals surface area contributed by atoms with Gasteiger partial charge in [0.15, 0.2) is 11.5 Å². The largest absolute Gasteiger partial charge is 0.507 e. The van der Waals surface area contributed by atoms with Gasteiger partial charge in [-0.15, -0.1) is 0 Å². The number of ether oxygens (including phenoxy) is 3. The molecule has 41 heavy (non-hydrogen) atoms. The number of carbonyl (C=O) groups is 2. The van der Waals surface area contributed by atoms with E-state index in [1.807, 2.05) is 23.8 Å². The number of methoxy groups -OCH3 is 1. The highest BCUT2D eigenvalue weighted by atomic mass is 16.5. The van der Waals surface area contributed by atoms with E-state index in [0.29, 0.717) is 67.0 Å². The number of amides is 1. The summed E-state index contributed by atoms with van der Waals surface area (Å²) in [5, 5.41) is 11.5. The molecule has 4 rings (SSSR count). The Kier molecular flexibility index (Phi) is 10.1. The molecular weight excluding hydrogens is 522 g/mol. The Hall–Kier alpha value is -4.27. The van der Waals surface area contributed by atoms with Crippen molar-refractivity contribution >= 4 is 17.4 Å². The van der Waals surface area contributed by atoms with Crippen molar-refractivity contribution in [2.45, 2.75) is 52.6 Å². The van der Waals surface area contributed by atoms with Crippen LogP contribution in [0.25, 0.3) is 5.76 Å². The number of rotatable bonds is 14. The van der Waals surface area contributed by atoms with Gasteiger partial charge in [0.05, 0.1) is 38.3 Å². The third kappa shape index (κ3) is 7.09. The minimum atomic E-state index is -0.809. The van der Waals surface area contributed by atoms with Crippen molar-refractivity contribution in [1.82, 2.24) is 14.5 Å². The average molecular weight is 562 g/mol. The topological polar surface area (TPSA) is 103 Å². The van der Waals surface area contributed by atoms with E-state index in [1.54, 1.807) is 56.0 Å². The molecule has 9 nitrogen and oxygen atoms in total. The van der Waals surface area contributed by atoms with Gasteiger partial charge < -0.3 is 28.8 Å². The summed E-state index contributed by atoms with van der Waals surface area (Å²) in [6, 6.07) is 11.5. The van der Waals surface area contributed by atoms with Crippen molar-refractivity contribution in [2.75, 3.05) is 26.9 Å². The van der Waals surface area contributed by atoms with E-state index < -0.39 is 17.7 Å². The van der Waals surface area contributed by atoms with Crippen LogP contribution in [0.15, 0.2) is 66.8 Å². The van der Waals surface area contributed by atoms with Crippen molar-refractivity contribution in [3.05, 3.63) is 77.9 Å². The highest BCUT2D eigenvalue weighted by Crippen LogP contribution is 2.42. The Balaban J connectivity index is 1.73. The van der Waals surface area contributed by atoms with Gasteiger partial charge in [-0.2, -0.15) is 0 Å². The van der Waals surface area contributed by atoms with Crippen LogP contribution in [-0.4, -0.2) is 58.1 Å². The zero-order chi connectivity index (χ0) is 29.4. The summed E-state index contributed by atoms with van der Waals surface area (Å²) in [5.41, 5.74) is 1.07. The van der Waals surface area contributed by atoms with Crippen molar-refractivity contribution in [2.24, 2.45) is 5.92 Å². The maximum Gasteiger partial charge on any atom is 0.295 e. The first kappa shape index (κ1) is 29.7. The molecule has 0 radical (unpaired) electrons. The third-order valence-electron chi connectivity index (χ3n) is 6.95. The number of aliphatic hydroxyl groups excluding tert-OH is 1. The number of benzene rings is 2. The van der Waals surface area contributed by atoms with Gasteiger partial charge in [-0.25, -0.2) is 4.98 Å². The SMILES string of the molecule is CCCOc1cccc(/C(O)=C2\C(=O)C(=O)N(CCCn3ccnc3)C2c2ccc(OCCC(C)C)c(OC)c2)c1. The first-order valence-corrected chi connectivity index (χ1v) is 14.1. The maximum absolute atomic E-state index is 13.5. The van der Waals surface area contributed by atoms with E-state index in [-0.39, 0.29) is 11.3 Å². The van der Waals surface area contributed by atoms with Crippen LogP contribution in [0.5, 0.6) is 17.2 Å². The second kappa shape index (κ2) is 13.9. The summed E-state index contributed by atoms with van der Waals surface area (Å²) < 4.78 is 19.3. The number of aromatic nitrogens is 2. The van der Waals surface area contributed by atoms with Crippen LogP contribution in [0.2, 0.25) is 0 Å². The zero-order valence-electron chi connectivity index (χ0n) is 24.2. The van der Waals surface area contributed by atoms with Crippen LogP contribution in [0.1, 0.15) is 57.2 Å². The lowest BCUT2D eigenvalue weighted by Gasteiger charge is -2.26. The summed E-state index contributed by atoms with van der Waals surface area (Å²) in [5.74, 6) is 0.506. The maximum atomic E-state index is 13.5. The normalized spacial score (nSPS) is 16.4. The molecule has 1 aliphatic rings. The summed E-state index contributed by atoms with van der Waals surface area (Å²) in [6.45, 7) is 8.26. The standard InChI is InChI=1S/C32H39N3O6/c1-5-17-40-25-9-6-8-24(19-25)30(36)28-29(23-10-11-26(27(20-23)39-4)41-18-12-22(2)3)35(32(38)31(28)37)15-7-14-34-16-13-33-21-34/h6,8-11,13,16,19-22,29,36H,5,7,12,14-15,17-18H2,1-4H3/b30-28+. The number of aliphatic hydroxyl groups is 1. The molecule has 1 aliphatic heterocycles. The number of hydrogen-bond donors (Lipinski definition) is 1. The highest BCUT2D eigenvalue weighted by molar-refractivity contribution is 6.46. The molecule has 0 spiro atoms. The van der Waals surface area contributed by atoms with E-state index in [9.17, 15) is 14.7 Å². The van der Waals surface area contributed by atoms with Gasteiger partial charge >= 0.3 is 0 Å². The van der Waals surface area contributed by atoms with Crippen molar-refractivity contribution in [1.29, 1.82) is 0 Å². The molecule has 1 aromatic heterocycles. The van der Waals surface area contributed by atoms with Gasteiger partial charge in [0.1, 0.15) is 11.5 Å². The number of aryl methyl sites for hydroxylation is 1. The summed E-state index contributed by atoms with van der Waals surface area (Å²) in [6.07, 6.45) is 7.57. The Morgan fingerprint density at radius 1 is 1.05 bits per heavy atom. The fourth-order valence-corrected chi connectivity index (χ4v) is 4.79. The minimum Gasteiger partial charge on any atom is -0.507 e. The van der Waals surface area contributed by atoms with Gasteiger partial charge in [-0.1, -0.05) is 39.0 Å². The molecule has 1 saturated heterocycles. The Morgan fingerprint density at radius 2 is 1.88 bits per heavy atom. The van der Waals surface area contributed by atoms with Gasteiger partial charge in [-0.3, -0.25) is 9.59 Å². The second-order valence-electron chi connectivity index (χ2n) is 10.5. The van der Waals surface area contributed by atoms with Gasteiger partial charge in [0.2, 0.25) is 0 Å². The van der Waals surface area contributed by atoms with Crippen molar-refractivity contribution < 1.29 is 28.9 Å². The Bertz CT molecular complexity index is 1370. The van der Waals surface area contributed by atoms with Crippen molar-refractivity contribution in [3.8, 4) is 17.2 Å². The van der Waals surface area contributed by atoms with Crippen LogP contribution in [0.3, 0.4) is 0 Å². The molecule has 1 fully saturated rings. The highest BCUT2D eigenvalue weighted by Gasteiger charge is 2.46. The molecular formula is C32H39N3O6. The predicted octanol–water partition coefficient (Wildman–Crippen LogP) is 5.62. The van der Waals surface area contributed by atoms with E-state index in [4.69, 9.17) is 14.2 Å². The monoisotopic (exact) mass is 561 g/mol. The van der Waals surface area contributed by atoms with Crippen LogP contribution in [0, 0.1) is 5.92 Å². The lowest BCUT2D eigenvalue weighted by atomic mass is 9.95. The quantitative estimate of drug-likeness (QED) is 0.155. The van der Waals surface area contributed by atoms with Gasteiger partial charge in [-0.05, 0) is 55.0 Å². The van der Waals surface area contributed by atoms with Crippen molar-refractivity contribution in [3.63, 3.8) is 0 Å². The predicted molar refractivity (Wildman–Crippen MR) is 156 cm³/mol. The van der Waals surface area contributed by atoms with Crippen LogP contribution < -0.4 is 14.2 Å². The van der Waals surface area contributed by atoms with E-state index in [2.05, 4.69) is 18.8 Å². The number of carbonyl (C=O) groups excluding carboxylic acids is 2. The molecule has 3 aromatic rings. The molecule has 0 saturated carbocycles. The fourth-order valence-electron chi connectivity index (χ4n) is 4.79. The first-order chi connectivity index (χ1) is 19.8. The Morgan fingerprint density at radius 3 is 2.59 bits per heavy atom. The fraction of sp³-hybridized carbons (Fsp3) is 0.406. The number of hydrogen-bond acceptors (Lipinski definition) is 7. The number of ketones is 1. The average Bonchev–Trinajstić information content (AvgIpc) is 3.58.